The Morgan fingerprint density at radius 1 is 1.03 bits per heavy atom. The first kappa shape index (κ1) is 30.1. The number of nitrogens with zero attached hydrogens (tertiary/aromatic N) is 3. The topological polar surface area (TPSA) is 99.3 Å². The Balaban J connectivity index is 2.50. The maximum atomic E-state index is 13.8. The lowest BCUT2D eigenvalue weighted by Crippen LogP contribution is -2.53. The van der Waals surface area contributed by atoms with Crippen LogP contribution in [0.3, 0.4) is 0 Å². The van der Waals surface area contributed by atoms with Crippen LogP contribution in [0.1, 0.15) is 43.9 Å². The third kappa shape index (κ3) is 7.69. The van der Waals surface area contributed by atoms with Crippen LogP contribution in [0.2, 0.25) is 0 Å². The predicted octanol–water partition coefficient (Wildman–Crippen LogP) is 3.26. The molecule has 0 radical (unpaired) electrons. The average molecular weight is 533 g/mol. The van der Waals surface area contributed by atoms with Gasteiger partial charge in [0.2, 0.25) is 11.8 Å². The number of rotatable bonds is 12. The van der Waals surface area contributed by atoms with Crippen molar-refractivity contribution in [3.05, 3.63) is 59.2 Å². The second-order valence-electron chi connectivity index (χ2n) is 9.45. The highest BCUT2D eigenvalue weighted by molar-refractivity contribution is 7.90. The Bertz CT molecular complexity index is 1180. The third-order valence-electron chi connectivity index (χ3n) is 6.33. The van der Waals surface area contributed by atoms with E-state index >= 15 is 0 Å². The molecule has 10 heteroatoms. The number of hydrogen-bond donors (Lipinski definition) is 1. The summed E-state index contributed by atoms with van der Waals surface area (Å²) in [6.07, 6.45) is 0.742. The second kappa shape index (κ2) is 12.9. The van der Waals surface area contributed by atoms with Crippen LogP contribution in [-0.4, -0.2) is 69.3 Å². The summed E-state index contributed by atoms with van der Waals surface area (Å²) >= 11 is 0. The molecule has 0 saturated carbocycles. The molecule has 2 aromatic rings. The Hall–Kier alpha value is -3.11. The number of carbonyl (C=O) groups excluding carboxylic acids is 2. The molecule has 0 aromatic heterocycles. The van der Waals surface area contributed by atoms with Gasteiger partial charge in [-0.05, 0) is 69.0 Å². The van der Waals surface area contributed by atoms with Gasteiger partial charge in [-0.15, -0.1) is 0 Å². The van der Waals surface area contributed by atoms with Gasteiger partial charge < -0.3 is 15.0 Å². The minimum atomic E-state index is -4.01. The molecule has 1 N–H and O–H groups in total. The molecule has 0 bridgehead atoms. The van der Waals surface area contributed by atoms with Gasteiger partial charge in [0.05, 0.1) is 12.8 Å². The van der Waals surface area contributed by atoms with Crippen molar-refractivity contribution in [2.45, 2.75) is 59.7 Å². The van der Waals surface area contributed by atoms with Crippen LogP contribution >= 0.6 is 0 Å². The predicted molar refractivity (Wildman–Crippen MR) is 147 cm³/mol. The highest BCUT2D eigenvalue weighted by atomic mass is 32.2. The molecule has 2 rings (SSSR count). The molecule has 9 nitrogen and oxygen atoms in total. The van der Waals surface area contributed by atoms with E-state index < -0.39 is 28.7 Å². The summed E-state index contributed by atoms with van der Waals surface area (Å²) in [6.45, 7) is 8.85. The maximum absolute atomic E-state index is 13.8. The maximum Gasteiger partial charge on any atom is 0.304 e. The van der Waals surface area contributed by atoms with E-state index in [2.05, 4.69) is 5.32 Å². The molecule has 0 aliphatic heterocycles. The number of anilines is 1. The molecule has 0 fully saturated rings. The zero-order chi connectivity index (χ0) is 27.9. The number of nitrogens with one attached hydrogen (secondary N) is 1. The van der Waals surface area contributed by atoms with Gasteiger partial charge in [-0.2, -0.15) is 12.7 Å². The first-order valence-electron chi connectivity index (χ1n) is 12.3. The molecule has 0 spiro atoms. The van der Waals surface area contributed by atoms with Crippen LogP contribution in [0.15, 0.2) is 42.5 Å². The lowest BCUT2D eigenvalue weighted by molar-refractivity contribution is -0.139. The largest absolute Gasteiger partial charge is 0.497 e. The van der Waals surface area contributed by atoms with E-state index in [-0.39, 0.29) is 18.5 Å². The zero-order valence-electron chi connectivity index (χ0n) is 23.1. The average Bonchev–Trinajstić information content (AvgIpc) is 2.86. The van der Waals surface area contributed by atoms with Crippen LogP contribution in [0, 0.1) is 13.8 Å². The van der Waals surface area contributed by atoms with Gasteiger partial charge in [0.15, 0.2) is 0 Å². The number of carbonyl (C=O) groups is 2. The summed E-state index contributed by atoms with van der Waals surface area (Å²) in [5.41, 5.74) is 2.78. The van der Waals surface area contributed by atoms with Crippen molar-refractivity contribution in [2.75, 3.05) is 32.1 Å². The molecular weight excluding hydrogens is 492 g/mol. The molecule has 2 atom stereocenters. The van der Waals surface area contributed by atoms with Gasteiger partial charge in [-0.3, -0.25) is 9.59 Å². The van der Waals surface area contributed by atoms with E-state index in [1.165, 1.54) is 19.0 Å². The van der Waals surface area contributed by atoms with Crippen LogP contribution in [0.4, 0.5) is 5.69 Å². The van der Waals surface area contributed by atoms with Crippen LogP contribution < -0.4 is 14.4 Å². The summed E-state index contributed by atoms with van der Waals surface area (Å²) < 4.78 is 34.1. The second-order valence-corrected chi connectivity index (χ2v) is 11.5. The normalized spacial score (nSPS) is 13.1. The Labute approximate surface area is 221 Å². The minimum absolute atomic E-state index is 0.0616. The molecule has 0 heterocycles. The summed E-state index contributed by atoms with van der Waals surface area (Å²) in [7, 11) is 0.412. The van der Waals surface area contributed by atoms with Gasteiger partial charge >= 0.3 is 10.2 Å². The summed E-state index contributed by atoms with van der Waals surface area (Å²) in [5.74, 6) is -0.124. The van der Waals surface area contributed by atoms with E-state index in [0.717, 1.165) is 26.2 Å². The molecule has 0 unspecified atom stereocenters. The Kier molecular flexibility index (Phi) is 10.5. The van der Waals surface area contributed by atoms with Crippen molar-refractivity contribution in [1.82, 2.24) is 14.5 Å². The van der Waals surface area contributed by atoms with Gasteiger partial charge in [-0.1, -0.05) is 31.2 Å². The first-order chi connectivity index (χ1) is 17.3. The lowest BCUT2D eigenvalue weighted by Gasteiger charge is -2.33. The quantitative estimate of drug-likeness (QED) is 0.452. The van der Waals surface area contributed by atoms with Gasteiger partial charge in [0, 0.05) is 26.7 Å². The Morgan fingerprint density at radius 2 is 1.65 bits per heavy atom. The highest BCUT2D eigenvalue weighted by Gasteiger charge is 2.33. The van der Waals surface area contributed by atoms with Crippen molar-refractivity contribution in [1.29, 1.82) is 0 Å². The fourth-order valence-electron chi connectivity index (χ4n) is 3.67. The van der Waals surface area contributed by atoms with Crippen LogP contribution in [0.25, 0.3) is 0 Å². The van der Waals surface area contributed by atoms with E-state index in [1.807, 2.05) is 45.0 Å². The standard InChI is InChI=1S/C27H40N4O5S/c1-9-21(4)28-27(33)22(5)30(17-23-12-14-24(36-8)15-13-23)26(32)18-31(37(34,35)29(6)7)25-16-19(2)10-11-20(25)3/h10-16,21-22H,9,17-18H2,1-8H3,(H,28,33)/t21-,22-/m1/s1. The van der Waals surface area contributed by atoms with Crippen molar-refractivity contribution >= 4 is 27.7 Å². The first-order valence-corrected chi connectivity index (χ1v) is 13.7. The minimum Gasteiger partial charge on any atom is -0.497 e. The van der Waals surface area contributed by atoms with E-state index in [0.29, 0.717) is 17.0 Å². The molecular formula is C27H40N4O5S. The summed E-state index contributed by atoms with van der Waals surface area (Å²) in [4.78, 5) is 28.3. The SMILES string of the molecule is CC[C@@H](C)NC(=O)[C@@H](C)N(Cc1ccc(OC)cc1)C(=O)CN(c1cc(C)ccc1C)S(=O)(=O)N(C)C. The van der Waals surface area contributed by atoms with E-state index in [4.69, 9.17) is 4.74 Å². The number of aryl methyl sites for hydroxylation is 2. The molecule has 37 heavy (non-hydrogen) atoms. The fourth-order valence-corrected chi connectivity index (χ4v) is 4.78. The molecule has 0 aliphatic rings. The fraction of sp³-hybridized carbons (Fsp3) is 0.481. The highest BCUT2D eigenvalue weighted by Crippen LogP contribution is 2.26. The van der Waals surface area contributed by atoms with Crippen molar-refractivity contribution in [3.8, 4) is 5.75 Å². The van der Waals surface area contributed by atoms with E-state index in [1.54, 1.807) is 39.2 Å². The molecule has 2 aromatic carbocycles. The van der Waals surface area contributed by atoms with Crippen molar-refractivity contribution in [2.24, 2.45) is 0 Å². The molecule has 2 amide bonds. The summed E-state index contributed by atoms with van der Waals surface area (Å²) in [5, 5.41) is 2.93. The smallest absolute Gasteiger partial charge is 0.304 e. The number of benzene rings is 2. The summed E-state index contributed by atoms with van der Waals surface area (Å²) in [6, 6.07) is 11.8. The van der Waals surface area contributed by atoms with Crippen LogP contribution in [0.5, 0.6) is 5.75 Å². The number of ether oxygens (including phenoxy) is 1. The molecule has 0 aliphatic carbocycles. The van der Waals surface area contributed by atoms with Crippen molar-refractivity contribution in [3.63, 3.8) is 0 Å². The number of methoxy groups -OCH3 is 1. The third-order valence-corrected chi connectivity index (χ3v) is 8.14. The number of hydrogen-bond acceptors (Lipinski definition) is 5. The monoisotopic (exact) mass is 532 g/mol. The van der Waals surface area contributed by atoms with Gasteiger partial charge in [0.1, 0.15) is 18.3 Å². The van der Waals surface area contributed by atoms with Gasteiger partial charge in [0.25, 0.3) is 0 Å². The van der Waals surface area contributed by atoms with Crippen molar-refractivity contribution < 1.29 is 22.7 Å². The Morgan fingerprint density at radius 3 is 2.19 bits per heavy atom. The van der Waals surface area contributed by atoms with Gasteiger partial charge in [-0.25, -0.2) is 4.31 Å². The lowest BCUT2D eigenvalue weighted by atomic mass is 10.1. The number of amides is 2. The van der Waals surface area contributed by atoms with E-state index in [9.17, 15) is 18.0 Å². The van der Waals surface area contributed by atoms with Crippen LogP contribution in [-0.2, 0) is 26.3 Å². The molecule has 0 saturated heterocycles. The molecule has 204 valence electrons. The zero-order valence-corrected chi connectivity index (χ0v) is 23.9.